The number of hydrogen-bond donors (Lipinski definition) is 0. The van der Waals surface area contributed by atoms with E-state index in [0.29, 0.717) is 26.4 Å². The zero-order valence-corrected chi connectivity index (χ0v) is 35.7. The molecule has 4 aliphatic rings. The first-order valence-corrected chi connectivity index (χ1v) is 23.1. The standard InChI is InChI=1S/C53H39BN2O4S2/c1-32-26-41-49-42(27-32)56(40-31-46-44(58-23-13-25-60-46)29-38(40)34-16-6-3-7-17-34)51-36-19-9-11-21-48(36)62-53(51)54(49)52-50(35-18-8-10-20-47(35)61-52)55(41)39-30-45-43(57-22-12-24-59-45)28-37(39)33-14-4-2-5-15-33/h2-11,14-21,26-31H,12-13,22-25H2,1H3. The normalized spacial score (nSPS) is 14.9. The molecule has 62 heavy (non-hydrogen) atoms. The maximum Gasteiger partial charge on any atom is 0.277 e. The Hall–Kier alpha value is -6.68. The number of benzene rings is 7. The third-order valence-corrected chi connectivity index (χ3v) is 15.0. The fraction of sp³-hybridized carbons (Fsp3) is 0.132. The summed E-state index contributed by atoms with van der Waals surface area (Å²) in [7, 11) is 0. The summed E-state index contributed by atoms with van der Waals surface area (Å²) in [5, 5.41) is 2.48. The van der Waals surface area contributed by atoms with E-state index < -0.39 is 0 Å². The van der Waals surface area contributed by atoms with Gasteiger partial charge in [-0.25, -0.2) is 0 Å². The van der Waals surface area contributed by atoms with Crippen molar-refractivity contribution in [2.45, 2.75) is 19.8 Å². The van der Waals surface area contributed by atoms with Crippen LogP contribution in [0.25, 0.3) is 42.4 Å². The highest BCUT2D eigenvalue weighted by molar-refractivity contribution is 7.40. The van der Waals surface area contributed by atoms with Gasteiger partial charge in [-0.2, -0.15) is 0 Å². The Morgan fingerprint density at radius 2 is 0.855 bits per heavy atom. The summed E-state index contributed by atoms with van der Waals surface area (Å²) in [4.78, 5) is 5.10. The van der Waals surface area contributed by atoms with Crippen LogP contribution in [0, 0.1) is 6.92 Å². The predicted molar refractivity (Wildman–Crippen MR) is 258 cm³/mol. The Bertz CT molecular complexity index is 3040. The molecule has 0 saturated carbocycles. The van der Waals surface area contributed by atoms with Crippen molar-refractivity contribution in [2.75, 3.05) is 36.2 Å². The molecule has 9 heteroatoms. The van der Waals surface area contributed by atoms with E-state index in [1.807, 2.05) is 22.7 Å². The van der Waals surface area contributed by atoms with Crippen molar-refractivity contribution in [1.82, 2.24) is 0 Å². The highest BCUT2D eigenvalue weighted by atomic mass is 32.1. The van der Waals surface area contributed by atoms with E-state index in [2.05, 4.69) is 162 Å². The van der Waals surface area contributed by atoms with Gasteiger partial charge in [0.05, 0.1) is 49.2 Å². The summed E-state index contributed by atoms with van der Waals surface area (Å²) < 4.78 is 31.0. The summed E-state index contributed by atoms with van der Waals surface area (Å²) in [6.07, 6.45) is 1.66. The molecule has 9 aromatic rings. The maximum atomic E-state index is 6.50. The molecule has 13 rings (SSSR count). The first kappa shape index (κ1) is 36.0. The molecule has 0 unspecified atom stereocenters. The second-order valence-corrected chi connectivity index (χ2v) is 18.6. The summed E-state index contributed by atoms with van der Waals surface area (Å²) in [5.74, 6) is 3.11. The van der Waals surface area contributed by atoms with Gasteiger partial charge in [-0.05, 0) is 65.5 Å². The number of thiophene rings is 2. The third kappa shape index (κ3) is 5.47. The highest BCUT2D eigenvalue weighted by Gasteiger charge is 2.48. The summed E-state index contributed by atoms with van der Waals surface area (Å²) in [6.45, 7) is 4.68. The Labute approximate surface area is 368 Å². The molecule has 6 nitrogen and oxygen atoms in total. The molecule has 2 aromatic heterocycles. The van der Waals surface area contributed by atoms with Crippen LogP contribution in [0.1, 0.15) is 18.4 Å². The first-order chi connectivity index (χ1) is 30.7. The van der Waals surface area contributed by atoms with Crippen LogP contribution in [0.4, 0.5) is 34.1 Å². The largest absolute Gasteiger partial charge is 0.490 e. The van der Waals surface area contributed by atoms with Gasteiger partial charge in [0.1, 0.15) is 0 Å². The maximum absolute atomic E-state index is 6.50. The van der Waals surface area contributed by atoms with Crippen molar-refractivity contribution in [3.05, 3.63) is 151 Å². The molecule has 0 atom stereocenters. The predicted octanol–water partition coefficient (Wildman–Crippen LogP) is 12.2. The zero-order chi connectivity index (χ0) is 40.9. The van der Waals surface area contributed by atoms with Crippen molar-refractivity contribution >= 4 is 98.7 Å². The van der Waals surface area contributed by atoms with Crippen molar-refractivity contribution in [3.8, 4) is 45.3 Å². The number of hydrogen-bond acceptors (Lipinski definition) is 8. The van der Waals surface area contributed by atoms with Crippen LogP contribution in [0.2, 0.25) is 0 Å². The molecule has 7 aromatic carbocycles. The molecule has 0 N–H and O–H groups in total. The lowest BCUT2D eigenvalue weighted by atomic mass is 9.39. The van der Waals surface area contributed by atoms with Gasteiger partial charge in [0.25, 0.3) is 6.71 Å². The fourth-order valence-electron chi connectivity index (χ4n) is 9.97. The Balaban J connectivity index is 1.16. The minimum Gasteiger partial charge on any atom is -0.490 e. The van der Waals surface area contributed by atoms with Crippen LogP contribution < -0.4 is 43.8 Å². The number of rotatable bonds is 4. The molecule has 0 radical (unpaired) electrons. The molecular weight excluding hydrogens is 804 g/mol. The average Bonchev–Trinajstić information content (AvgIpc) is 3.67. The van der Waals surface area contributed by atoms with Crippen LogP contribution in [-0.4, -0.2) is 33.1 Å². The lowest BCUT2D eigenvalue weighted by molar-refractivity contribution is 0.296. The molecule has 0 bridgehead atoms. The SMILES string of the molecule is Cc1cc2c3c(c1)N(c1cc4c(cc1-c1ccccc1)OCCCO4)c1c(sc4ccccc14)B3c1sc3ccccc3c1N2c1cc2c(cc1-c1ccccc1)OCCCO2. The molecular formula is C53H39BN2O4S2. The van der Waals surface area contributed by atoms with E-state index >= 15 is 0 Å². The fourth-order valence-corrected chi connectivity index (χ4v) is 12.7. The first-order valence-electron chi connectivity index (χ1n) is 21.4. The second kappa shape index (κ2) is 14.2. The minimum atomic E-state index is -0.00549. The van der Waals surface area contributed by atoms with Crippen LogP contribution >= 0.6 is 22.7 Å². The van der Waals surface area contributed by atoms with Gasteiger partial charge in [0, 0.05) is 77.2 Å². The lowest BCUT2D eigenvalue weighted by Crippen LogP contribution is -2.59. The van der Waals surface area contributed by atoms with Crippen LogP contribution in [-0.2, 0) is 0 Å². The highest BCUT2D eigenvalue weighted by Crippen LogP contribution is 2.55. The number of fused-ring (bicyclic) bond motifs is 10. The second-order valence-electron chi connectivity index (χ2n) is 16.4. The van der Waals surface area contributed by atoms with Gasteiger partial charge in [-0.15, -0.1) is 22.7 Å². The van der Waals surface area contributed by atoms with Crippen molar-refractivity contribution in [1.29, 1.82) is 0 Å². The Morgan fingerprint density at radius 3 is 1.31 bits per heavy atom. The van der Waals surface area contributed by atoms with E-state index in [1.165, 1.54) is 52.1 Å². The number of anilines is 6. The van der Waals surface area contributed by atoms with Gasteiger partial charge in [0.2, 0.25) is 0 Å². The zero-order valence-electron chi connectivity index (χ0n) is 34.0. The molecule has 6 heterocycles. The van der Waals surface area contributed by atoms with E-state index in [0.717, 1.165) is 80.8 Å². The van der Waals surface area contributed by atoms with Crippen molar-refractivity contribution in [3.63, 3.8) is 0 Å². The van der Waals surface area contributed by atoms with Crippen LogP contribution in [0.15, 0.2) is 146 Å². The number of aryl methyl sites for hydroxylation is 1. The van der Waals surface area contributed by atoms with Crippen molar-refractivity contribution in [2.24, 2.45) is 0 Å². The van der Waals surface area contributed by atoms with Crippen LogP contribution in [0.5, 0.6) is 23.0 Å². The lowest BCUT2D eigenvalue weighted by Gasteiger charge is -2.43. The molecule has 4 aliphatic heterocycles. The van der Waals surface area contributed by atoms with Gasteiger partial charge >= 0.3 is 0 Å². The average molecular weight is 843 g/mol. The van der Waals surface area contributed by atoms with E-state index in [9.17, 15) is 0 Å². The number of ether oxygens (including phenoxy) is 4. The van der Waals surface area contributed by atoms with E-state index in [4.69, 9.17) is 18.9 Å². The van der Waals surface area contributed by atoms with Crippen LogP contribution in [0.3, 0.4) is 0 Å². The molecule has 0 fully saturated rings. The van der Waals surface area contributed by atoms with E-state index in [1.54, 1.807) is 0 Å². The summed E-state index contributed by atoms with van der Waals surface area (Å²) >= 11 is 3.84. The van der Waals surface area contributed by atoms with Crippen molar-refractivity contribution < 1.29 is 18.9 Å². The molecule has 0 saturated heterocycles. The molecule has 0 aliphatic carbocycles. The van der Waals surface area contributed by atoms with Gasteiger partial charge in [-0.3, -0.25) is 0 Å². The Kier molecular flexibility index (Phi) is 8.25. The van der Waals surface area contributed by atoms with E-state index in [-0.39, 0.29) is 6.71 Å². The molecule has 0 spiro atoms. The Morgan fingerprint density at radius 1 is 0.452 bits per heavy atom. The quantitative estimate of drug-likeness (QED) is 0.164. The van der Waals surface area contributed by atoms with Gasteiger partial charge in [-0.1, -0.05) is 97.1 Å². The topological polar surface area (TPSA) is 43.4 Å². The minimum absolute atomic E-state index is 0.00549. The summed E-state index contributed by atoms with van der Waals surface area (Å²) in [5.41, 5.74) is 13.8. The summed E-state index contributed by atoms with van der Waals surface area (Å²) in [6, 6.07) is 53.0. The van der Waals surface area contributed by atoms with Gasteiger partial charge in [0.15, 0.2) is 23.0 Å². The molecule has 0 amide bonds. The number of nitrogens with zero attached hydrogens (tertiary/aromatic N) is 2. The monoisotopic (exact) mass is 842 g/mol. The van der Waals surface area contributed by atoms with Gasteiger partial charge < -0.3 is 28.7 Å². The third-order valence-electron chi connectivity index (χ3n) is 12.6. The molecule has 300 valence electrons. The smallest absolute Gasteiger partial charge is 0.277 e.